The van der Waals surface area contributed by atoms with Gasteiger partial charge >= 0.3 is 6.03 Å². The summed E-state index contributed by atoms with van der Waals surface area (Å²) in [7, 11) is 1.61. The third-order valence-electron chi connectivity index (χ3n) is 5.66. The van der Waals surface area contributed by atoms with Gasteiger partial charge in [-0.1, -0.05) is 60.7 Å². The molecule has 3 aromatic rings. The van der Waals surface area contributed by atoms with Crippen LogP contribution in [0.1, 0.15) is 34.0 Å². The quantitative estimate of drug-likeness (QED) is 0.560. The van der Waals surface area contributed by atoms with Crippen molar-refractivity contribution in [3.63, 3.8) is 0 Å². The number of carbonyl (C=O) groups is 2. The van der Waals surface area contributed by atoms with Gasteiger partial charge in [-0.05, 0) is 25.0 Å². The normalized spacial score (nSPS) is 16.2. The number of hydrogen-bond donors (Lipinski definition) is 0. The Bertz CT molecular complexity index is 1100. The van der Waals surface area contributed by atoms with Gasteiger partial charge in [-0.25, -0.2) is 4.79 Å². The first-order valence-electron chi connectivity index (χ1n) is 10.2. The molecule has 0 bridgehead atoms. The van der Waals surface area contributed by atoms with E-state index in [4.69, 9.17) is 4.74 Å². The fraction of sp³-hybridized carbons (Fsp3) is 0.240. The van der Waals surface area contributed by atoms with E-state index in [9.17, 15) is 9.59 Å². The summed E-state index contributed by atoms with van der Waals surface area (Å²) in [5, 5.41) is 0. The molecule has 1 fully saturated rings. The molecule has 0 N–H and O–H groups in total. The largest absolute Gasteiger partial charge is 0.496 e. The van der Waals surface area contributed by atoms with Crippen LogP contribution in [0.5, 0.6) is 5.75 Å². The van der Waals surface area contributed by atoms with Crippen LogP contribution in [0.2, 0.25) is 0 Å². The molecular formula is C25H25N3O3. The zero-order valence-electron chi connectivity index (χ0n) is 17.9. The van der Waals surface area contributed by atoms with Crippen LogP contribution in [0.4, 0.5) is 4.79 Å². The summed E-state index contributed by atoms with van der Waals surface area (Å²) in [5.74, 6) is 0.484. The van der Waals surface area contributed by atoms with Crippen LogP contribution in [0.25, 0.3) is 0 Å². The summed E-state index contributed by atoms with van der Waals surface area (Å²) in [6, 6.07) is 18.2. The second-order valence-electron chi connectivity index (χ2n) is 7.68. The molecule has 0 saturated carbocycles. The molecule has 1 atom stereocenters. The minimum atomic E-state index is -0.665. The van der Waals surface area contributed by atoms with Crippen molar-refractivity contribution in [2.75, 3.05) is 7.11 Å². The van der Waals surface area contributed by atoms with Gasteiger partial charge in [0.1, 0.15) is 11.8 Å². The van der Waals surface area contributed by atoms with E-state index in [1.165, 1.54) is 4.90 Å². The van der Waals surface area contributed by atoms with Gasteiger partial charge in [0.05, 0.1) is 19.3 Å². The molecule has 1 saturated heterocycles. The Labute approximate surface area is 182 Å². The minimum Gasteiger partial charge on any atom is -0.496 e. The molecule has 4 rings (SSSR count). The third kappa shape index (κ3) is 3.89. The average Bonchev–Trinajstić information content (AvgIpc) is 3.01. The number of nitrogens with zero attached hydrogens (tertiary/aromatic N) is 3. The van der Waals surface area contributed by atoms with Crippen molar-refractivity contribution in [1.82, 2.24) is 14.8 Å². The lowest BCUT2D eigenvalue weighted by Crippen LogP contribution is -2.33. The predicted octanol–water partition coefficient (Wildman–Crippen LogP) is 4.41. The number of amides is 3. The zero-order chi connectivity index (χ0) is 22.0. The Morgan fingerprint density at radius 1 is 0.935 bits per heavy atom. The highest BCUT2D eigenvalue weighted by molar-refractivity contribution is 6.04. The van der Waals surface area contributed by atoms with Crippen LogP contribution in [-0.2, 0) is 17.9 Å². The Hall–Kier alpha value is -3.67. The minimum absolute atomic E-state index is 0.106. The summed E-state index contributed by atoms with van der Waals surface area (Å²) < 4.78 is 5.49. The van der Waals surface area contributed by atoms with E-state index in [1.807, 2.05) is 74.5 Å². The SMILES string of the molecule is COc1c(C)cnc(CN2C(=O)C(c3ccccc3)N(Cc3ccccc3)C2=O)c1C. The second kappa shape index (κ2) is 8.60. The van der Waals surface area contributed by atoms with Crippen LogP contribution in [0, 0.1) is 13.8 Å². The number of pyridine rings is 1. The van der Waals surface area contributed by atoms with Gasteiger partial charge < -0.3 is 9.64 Å². The summed E-state index contributed by atoms with van der Waals surface area (Å²) in [6.07, 6.45) is 1.71. The van der Waals surface area contributed by atoms with E-state index in [-0.39, 0.29) is 18.5 Å². The first kappa shape index (κ1) is 20.6. The smallest absolute Gasteiger partial charge is 0.328 e. The number of aryl methyl sites for hydroxylation is 1. The van der Waals surface area contributed by atoms with Crippen LogP contribution in [-0.4, -0.2) is 33.8 Å². The van der Waals surface area contributed by atoms with E-state index in [1.54, 1.807) is 18.2 Å². The summed E-state index contributed by atoms with van der Waals surface area (Å²) in [6.45, 7) is 4.28. The molecule has 0 radical (unpaired) electrons. The fourth-order valence-electron chi connectivity index (χ4n) is 4.06. The zero-order valence-corrected chi connectivity index (χ0v) is 17.9. The molecule has 1 aliphatic rings. The van der Waals surface area contributed by atoms with Crippen LogP contribution in [0.3, 0.4) is 0 Å². The van der Waals surface area contributed by atoms with Crippen molar-refractivity contribution in [3.8, 4) is 5.75 Å². The number of rotatable bonds is 6. The molecule has 6 nitrogen and oxygen atoms in total. The molecular weight excluding hydrogens is 390 g/mol. The number of urea groups is 1. The highest BCUT2D eigenvalue weighted by Crippen LogP contribution is 2.34. The number of hydrogen-bond acceptors (Lipinski definition) is 4. The van der Waals surface area contributed by atoms with Gasteiger partial charge in [0.2, 0.25) is 0 Å². The molecule has 1 aliphatic heterocycles. The van der Waals surface area contributed by atoms with Crippen molar-refractivity contribution in [1.29, 1.82) is 0 Å². The van der Waals surface area contributed by atoms with E-state index in [0.717, 1.165) is 28.0 Å². The van der Waals surface area contributed by atoms with Crippen molar-refractivity contribution in [2.24, 2.45) is 0 Å². The van der Waals surface area contributed by atoms with Crippen molar-refractivity contribution in [2.45, 2.75) is 33.0 Å². The Balaban J connectivity index is 1.70. The second-order valence-corrected chi connectivity index (χ2v) is 7.68. The van der Waals surface area contributed by atoms with Crippen LogP contribution in [0.15, 0.2) is 66.9 Å². The lowest BCUT2D eigenvalue weighted by atomic mass is 10.0. The van der Waals surface area contributed by atoms with E-state index >= 15 is 0 Å². The van der Waals surface area contributed by atoms with E-state index in [0.29, 0.717) is 12.2 Å². The molecule has 0 spiro atoms. The van der Waals surface area contributed by atoms with Crippen molar-refractivity contribution < 1.29 is 14.3 Å². The molecule has 6 heteroatoms. The lowest BCUT2D eigenvalue weighted by molar-refractivity contribution is -0.129. The molecule has 0 aliphatic carbocycles. The van der Waals surface area contributed by atoms with Gasteiger partial charge in [0, 0.05) is 23.9 Å². The molecule has 3 amide bonds. The van der Waals surface area contributed by atoms with E-state index < -0.39 is 6.04 Å². The topological polar surface area (TPSA) is 62.7 Å². The first-order chi connectivity index (χ1) is 15.0. The van der Waals surface area contributed by atoms with Gasteiger partial charge in [-0.3, -0.25) is 14.7 Å². The maximum atomic E-state index is 13.5. The third-order valence-corrected chi connectivity index (χ3v) is 5.66. The maximum Gasteiger partial charge on any atom is 0.328 e. The van der Waals surface area contributed by atoms with Gasteiger partial charge in [0.25, 0.3) is 5.91 Å². The van der Waals surface area contributed by atoms with Crippen molar-refractivity contribution in [3.05, 3.63) is 94.8 Å². The maximum absolute atomic E-state index is 13.5. The lowest BCUT2D eigenvalue weighted by Gasteiger charge is -2.22. The molecule has 158 valence electrons. The van der Waals surface area contributed by atoms with E-state index in [2.05, 4.69) is 4.98 Å². The van der Waals surface area contributed by atoms with Crippen LogP contribution >= 0.6 is 0 Å². The Kier molecular flexibility index (Phi) is 5.71. The summed E-state index contributed by atoms with van der Waals surface area (Å²) >= 11 is 0. The number of imide groups is 1. The fourth-order valence-corrected chi connectivity index (χ4v) is 4.06. The Morgan fingerprint density at radius 3 is 2.23 bits per heavy atom. The molecule has 2 aromatic carbocycles. The predicted molar refractivity (Wildman–Crippen MR) is 117 cm³/mol. The average molecular weight is 415 g/mol. The highest BCUT2D eigenvalue weighted by Gasteiger charge is 2.46. The number of ether oxygens (including phenoxy) is 1. The first-order valence-corrected chi connectivity index (χ1v) is 10.2. The highest BCUT2D eigenvalue weighted by atomic mass is 16.5. The summed E-state index contributed by atoms with van der Waals surface area (Å²) in [4.78, 5) is 34.3. The van der Waals surface area contributed by atoms with Gasteiger partial charge in [0.15, 0.2) is 0 Å². The monoisotopic (exact) mass is 415 g/mol. The molecule has 31 heavy (non-hydrogen) atoms. The molecule has 1 unspecified atom stereocenters. The van der Waals surface area contributed by atoms with Crippen LogP contribution < -0.4 is 4.74 Å². The standard InChI is InChI=1S/C25H25N3O3/c1-17-14-26-21(18(2)23(17)31-3)16-28-24(29)22(20-12-8-5-9-13-20)27(25(28)30)15-19-10-6-4-7-11-19/h4-14,22H,15-16H2,1-3H3. The van der Waals surface area contributed by atoms with Gasteiger partial charge in [-0.15, -0.1) is 0 Å². The van der Waals surface area contributed by atoms with Crippen molar-refractivity contribution >= 4 is 11.9 Å². The number of aromatic nitrogens is 1. The number of benzene rings is 2. The van der Waals surface area contributed by atoms with Gasteiger partial charge in [-0.2, -0.15) is 0 Å². The Morgan fingerprint density at radius 2 is 1.58 bits per heavy atom. The summed E-state index contributed by atoms with van der Waals surface area (Å²) in [5.41, 5.74) is 4.16. The number of methoxy groups -OCH3 is 1. The molecule has 1 aromatic heterocycles. The number of carbonyl (C=O) groups excluding carboxylic acids is 2. The molecule has 2 heterocycles.